The zero-order valence-electron chi connectivity index (χ0n) is 17.2. The van der Waals surface area contributed by atoms with E-state index < -0.39 is 11.9 Å². The summed E-state index contributed by atoms with van der Waals surface area (Å²) >= 11 is 0. The number of ether oxygens (including phenoxy) is 3. The highest BCUT2D eigenvalue weighted by Crippen LogP contribution is 2.49. The lowest BCUT2D eigenvalue weighted by Crippen LogP contribution is -2.50. The summed E-state index contributed by atoms with van der Waals surface area (Å²) < 4.78 is 15.9. The Morgan fingerprint density at radius 1 is 1.13 bits per heavy atom. The molecule has 0 bridgehead atoms. The van der Waals surface area contributed by atoms with E-state index in [-0.39, 0.29) is 23.0 Å². The molecular weight excluding hydrogens is 388 g/mol. The molecule has 0 saturated carbocycles. The second-order valence-electron chi connectivity index (χ2n) is 7.34. The van der Waals surface area contributed by atoms with Crippen LogP contribution in [0.1, 0.15) is 30.7 Å². The fraction of sp³-hybridized carbons (Fsp3) is 0.409. The first-order valence-electron chi connectivity index (χ1n) is 9.88. The highest BCUT2D eigenvalue weighted by atomic mass is 16.5. The smallest absolute Gasteiger partial charge is 0.337 e. The van der Waals surface area contributed by atoms with Crippen molar-refractivity contribution in [1.82, 2.24) is 10.2 Å². The van der Waals surface area contributed by atoms with E-state index in [9.17, 15) is 14.4 Å². The van der Waals surface area contributed by atoms with Crippen LogP contribution in [0.15, 0.2) is 40.7 Å². The number of benzene rings is 1. The number of nitrogens with one attached hydrogen (secondary N) is 1. The van der Waals surface area contributed by atoms with Gasteiger partial charge in [0, 0.05) is 42.4 Å². The van der Waals surface area contributed by atoms with Crippen molar-refractivity contribution in [3.8, 4) is 11.5 Å². The van der Waals surface area contributed by atoms with Crippen molar-refractivity contribution in [2.24, 2.45) is 0 Å². The summed E-state index contributed by atoms with van der Waals surface area (Å²) in [4.78, 5) is 40.8. The molecule has 1 unspecified atom stereocenters. The van der Waals surface area contributed by atoms with Crippen LogP contribution < -0.4 is 14.8 Å². The molecule has 1 aromatic rings. The van der Waals surface area contributed by atoms with Gasteiger partial charge in [0.05, 0.1) is 32.8 Å². The number of piperazine rings is 1. The Labute approximate surface area is 174 Å². The van der Waals surface area contributed by atoms with Gasteiger partial charge >= 0.3 is 5.97 Å². The first kappa shape index (κ1) is 20.0. The van der Waals surface area contributed by atoms with Gasteiger partial charge in [-0.3, -0.25) is 9.59 Å². The first-order valence-corrected chi connectivity index (χ1v) is 9.88. The van der Waals surface area contributed by atoms with Gasteiger partial charge in [-0.25, -0.2) is 4.79 Å². The van der Waals surface area contributed by atoms with Gasteiger partial charge in [-0.05, 0) is 18.9 Å². The lowest BCUT2D eigenvalue weighted by molar-refractivity contribution is -0.137. The molecule has 1 aromatic carbocycles. The minimum Gasteiger partial charge on any atom is -0.497 e. The van der Waals surface area contributed by atoms with Crippen LogP contribution in [-0.2, 0) is 19.1 Å². The summed E-state index contributed by atoms with van der Waals surface area (Å²) in [7, 11) is 4.34. The molecule has 0 radical (unpaired) electrons. The van der Waals surface area contributed by atoms with Crippen molar-refractivity contribution in [3.63, 3.8) is 0 Å². The summed E-state index contributed by atoms with van der Waals surface area (Å²) in [6.45, 7) is 0.943. The maximum absolute atomic E-state index is 13.1. The number of rotatable bonds is 4. The Kier molecular flexibility index (Phi) is 5.24. The fourth-order valence-electron chi connectivity index (χ4n) is 4.57. The molecule has 0 aromatic heterocycles. The van der Waals surface area contributed by atoms with E-state index in [1.54, 1.807) is 25.3 Å². The van der Waals surface area contributed by atoms with Gasteiger partial charge in [-0.2, -0.15) is 0 Å². The van der Waals surface area contributed by atoms with Gasteiger partial charge in [0.1, 0.15) is 17.2 Å². The molecule has 1 saturated heterocycles. The van der Waals surface area contributed by atoms with Crippen molar-refractivity contribution in [2.75, 3.05) is 34.4 Å². The Balaban J connectivity index is 2.02. The summed E-state index contributed by atoms with van der Waals surface area (Å²) in [5, 5.41) is 2.81. The number of esters is 1. The number of ketones is 1. The van der Waals surface area contributed by atoms with E-state index in [1.807, 2.05) is 4.90 Å². The van der Waals surface area contributed by atoms with Gasteiger partial charge in [0.25, 0.3) is 5.91 Å². The van der Waals surface area contributed by atoms with E-state index >= 15 is 0 Å². The molecule has 1 atom stereocenters. The molecule has 30 heavy (non-hydrogen) atoms. The van der Waals surface area contributed by atoms with Gasteiger partial charge < -0.3 is 24.4 Å². The van der Waals surface area contributed by atoms with Crippen molar-refractivity contribution < 1.29 is 28.6 Å². The van der Waals surface area contributed by atoms with Gasteiger partial charge in [0.15, 0.2) is 5.78 Å². The number of carbonyl (C=O) groups excluding carboxylic acids is 3. The van der Waals surface area contributed by atoms with Crippen LogP contribution in [0.2, 0.25) is 0 Å². The number of hydrogen-bond donors (Lipinski definition) is 1. The molecule has 8 heteroatoms. The summed E-state index contributed by atoms with van der Waals surface area (Å²) in [6, 6.07) is 5.22. The van der Waals surface area contributed by atoms with Crippen LogP contribution >= 0.6 is 0 Å². The van der Waals surface area contributed by atoms with Gasteiger partial charge in [-0.1, -0.05) is 6.07 Å². The third kappa shape index (κ3) is 3.03. The second kappa shape index (κ2) is 7.85. The topological polar surface area (TPSA) is 94.2 Å². The third-order valence-corrected chi connectivity index (χ3v) is 5.85. The molecular formula is C22H24N2O6. The Bertz CT molecular complexity index is 993. The zero-order chi connectivity index (χ0) is 21.4. The molecule has 3 aliphatic rings. The quantitative estimate of drug-likeness (QED) is 0.752. The minimum absolute atomic E-state index is 0.0226. The predicted molar refractivity (Wildman–Crippen MR) is 107 cm³/mol. The average Bonchev–Trinajstić information content (AvgIpc) is 2.77. The highest BCUT2D eigenvalue weighted by molar-refractivity contribution is 6.09. The molecule has 1 amide bonds. The molecule has 0 spiro atoms. The number of carbonyl (C=O) groups is 3. The van der Waals surface area contributed by atoms with Crippen LogP contribution in [0, 0.1) is 0 Å². The number of fused-ring (bicyclic) bond motifs is 2. The molecule has 4 rings (SSSR count). The van der Waals surface area contributed by atoms with E-state index in [0.717, 1.165) is 5.70 Å². The van der Waals surface area contributed by atoms with Crippen LogP contribution in [-0.4, -0.2) is 57.0 Å². The maximum Gasteiger partial charge on any atom is 0.337 e. The Hall–Kier alpha value is -3.29. The van der Waals surface area contributed by atoms with Crippen LogP contribution in [0.5, 0.6) is 11.5 Å². The van der Waals surface area contributed by atoms with Crippen molar-refractivity contribution in [3.05, 3.63) is 46.3 Å². The molecule has 1 fully saturated rings. The third-order valence-electron chi connectivity index (χ3n) is 5.85. The van der Waals surface area contributed by atoms with Crippen LogP contribution in [0.25, 0.3) is 0 Å². The minimum atomic E-state index is -0.754. The number of Topliss-reactive ketones (excluding diaryl/α,β-unsaturated/α-hetero) is 1. The monoisotopic (exact) mass is 412 g/mol. The van der Waals surface area contributed by atoms with Crippen molar-refractivity contribution >= 4 is 17.7 Å². The zero-order valence-corrected chi connectivity index (χ0v) is 17.2. The fourth-order valence-corrected chi connectivity index (χ4v) is 4.57. The van der Waals surface area contributed by atoms with Gasteiger partial charge in [0.2, 0.25) is 0 Å². The van der Waals surface area contributed by atoms with Crippen LogP contribution in [0.3, 0.4) is 0 Å². The number of methoxy groups -OCH3 is 3. The van der Waals surface area contributed by atoms with E-state index in [4.69, 9.17) is 14.2 Å². The lowest BCUT2D eigenvalue weighted by atomic mass is 9.73. The van der Waals surface area contributed by atoms with E-state index in [0.29, 0.717) is 55.0 Å². The standard InChI is InChI=1S/C22H24N2O6/c1-28-12-7-8-13(16(11-12)29-2)17-18-14(5-4-6-15(18)25)24-10-9-23-21(26)20(24)19(17)22(27)30-3/h7-8,11,17H,4-6,9-10H2,1-3H3,(H,23,26). The number of amides is 1. The molecule has 8 nitrogen and oxygen atoms in total. The molecule has 158 valence electrons. The average molecular weight is 412 g/mol. The van der Waals surface area contributed by atoms with Crippen molar-refractivity contribution in [1.29, 1.82) is 0 Å². The summed E-state index contributed by atoms with van der Waals surface area (Å²) in [5.41, 5.74) is 2.39. The SMILES string of the molecule is COC(=O)C1=C2C(=O)NCCN2C2=C(C(=O)CCC2)C1c1ccc(OC)cc1OC. The molecule has 2 heterocycles. The second-order valence-corrected chi connectivity index (χ2v) is 7.34. The van der Waals surface area contributed by atoms with Crippen LogP contribution in [0.4, 0.5) is 0 Å². The van der Waals surface area contributed by atoms with E-state index in [1.165, 1.54) is 14.2 Å². The normalized spacial score (nSPS) is 21.0. The highest BCUT2D eigenvalue weighted by Gasteiger charge is 2.46. The van der Waals surface area contributed by atoms with Gasteiger partial charge in [-0.15, -0.1) is 0 Å². The maximum atomic E-state index is 13.1. The Morgan fingerprint density at radius 3 is 2.63 bits per heavy atom. The lowest BCUT2D eigenvalue weighted by Gasteiger charge is -2.43. The number of nitrogens with zero attached hydrogens (tertiary/aromatic N) is 1. The Morgan fingerprint density at radius 2 is 1.93 bits per heavy atom. The first-order chi connectivity index (χ1) is 14.5. The van der Waals surface area contributed by atoms with E-state index in [2.05, 4.69) is 5.32 Å². The predicted octanol–water partition coefficient (Wildman–Crippen LogP) is 1.67. The summed E-state index contributed by atoms with van der Waals surface area (Å²) in [6.07, 6.45) is 1.78. The largest absolute Gasteiger partial charge is 0.497 e. The summed E-state index contributed by atoms with van der Waals surface area (Å²) in [5.74, 6) is -0.707. The molecule has 1 aliphatic carbocycles. The van der Waals surface area contributed by atoms with Crippen molar-refractivity contribution in [2.45, 2.75) is 25.2 Å². The molecule has 1 N–H and O–H groups in total. The molecule has 2 aliphatic heterocycles. The number of allylic oxidation sites excluding steroid dienone is 2. The number of hydrogen-bond acceptors (Lipinski definition) is 7.